The third-order valence-corrected chi connectivity index (χ3v) is 4.11. The van der Waals surface area contributed by atoms with Gasteiger partial charge in [0.2, 0.25) is 0 Å². The van der Waals surface area contributed by atoms with Crippen molar-refractivity contribution in [1.82, 2.24) is 5.32 Å². The summed E-state index contributed by atoms with van der Waals surface area (Å²) < 4.78 is 5.20. The molecule has 0 saturated heterocycles. The Balaban J connectivity index is 1.93. The molecule has 5 heteroatoms. The van der Waals surface area contributed by atoms with E-state index in [9.17, 15) is 9.90 Å². The van der Waals surface area contributed by atoms with Gasteiger partial charge in [-0.2, -0.15) is 0 Å². The van der Waals surface area contributed by atoms with Crippen LogP contribution in [0.1, 0.15) is 31.2 Å². The standard InChI is InChI=1S/C16H24N2O3/c1-11-9-13(7-8-15(11)21-2)17-16(20)18-14-6-4-3-5-12(14)10-19/h7-9,12,14,19H,3-6,10H2,1-2H3,(H2,17,18,20)/t12-,14+/m0/s1. The molecule has 0 aromatic heterocycles. The fraction of sp³-hybridized carbons (Fsp3) is 0.562. The topological polar surface area (TPSA) is 70.6 Å². The molecule has 5 nitrogen and oxygen atoms in total. The van der Waals surface area contributed by atoms with Crippen LogP contribution in [-0.4, -0.2) is 30.9 Å². The summed E-state index contributed by atoms with van der Waals surface area (Å²) in [6.45, 7) is 2.07. The number of methoxy groups -OCH3 is 1. The van der Waals surface area contributed by atoms with Crippen LogP contribution in [0.25, 0.3) is 0 Å². The molecule has 0 aliphatic heterocycles. The maximum absolute atomic E-state index is 12.1. The summed E-state index contributed by atoms with van der Waals surface area (Å²) in [6.07, 6.45) is 4.13. The fourth-order valence-electron chi connectivity index (χ4n) is 2.91. The first kappa shape index (κ1) is 15.6. The predicted octanol–water partition coefficient (Wildman–Crippen LogP) is 2.68. The van der Waals surface area contributed by atoms with Crippen molar-refractivity contribution in [1.29, 1.82) is 0 Å². The lowest BCUT2D eigenvalue weighted by molar-refractivity contribution is 0.156. The zero-order chi connectivity index (χ0) is 15.2. The van der Waals surface area contributed by atoms with Crippen LogP contribution in [0, 0.1) is 12.8 Å². The monoisotopic (exact) mass is 292 g/mol. The van der Waals surface area contributed by atoms with E-state index in [1.165, 1.54) is 0 Å². The summed E-state index contributed by atoms with van der Waals surface area (Å²) in [5, 5.41) is 15.2. The first-order chi connectivity index (χ1) is 10.1. The second-order valence-corrected chi connectivity index (χ2v) is 5.62. The smallest absolute Gasteiger partial charge is 0.319 e. The molecular formula is C16H24N2O3. The number of anilines is 1. The van der Waals surface area contributed by atoms with Gasteiger partial charge in [-0.15, -0.1) is 0 Å². The van der Waals surface area contributed by atoms with Gasteiger partial charge in [-0.25, -0.2) is 4.79 Å². The van der Waals surface area contributed by atoms with Gasteiger partial charge >= 0.3 is 6.03 Å². The second-order valence-electron chi connectivity index (χ2n) is 5.62. The summed E-state index contributed by atoms with van der Waals surface area (Å²) in [4.78, 5) is 12.1. The molecule has 2 amide bonds. The van der Waals surface area contributed by atoms with Crippen molar-refractivity contribution in [2.75, 3.05) is 19.0 Å². The van der Waals surface area contributed by atoms with Crippen LogP contribution >= 0.6 is 0 Å². The zero-order valence-corrected chi connectivity index (χ0v) is 12.7. The molecule has 0 bridgehead atoms. The third-order valence-electron chi connectivity index (χ3n) is 4.11. The second kappa shape index (κ2) is 7.31. The lowest BCUT2D eigenvalue weighted by Gasteiger charge is -2.30. The molecule has 1 aliphatic carbocycles. The van der Waals surface area contributed by atoms with Crippen LogP contribution in [0.5, 0.6) is 5.75 Å². The molecule has 1 aliphatic rings. The van der Waals surface area contributed by atoms with Gasteiger partial charge in [0.05, 0.1) is 7.11 Å². The van der Waals surface area contributed by atoms with Crippen LogP contribution in [0.2, 0.25) is 0 Å². The molecule has 1 saturated carbocycles. The van der Waals surface area contributed by atoms with Gasteiger partial charge in [0, 0.05) is 24.3 Å². The Kier molecular flexibility index (Phi) is 5.44. The van der Waals surface area contributed by atoms with E-state index < -0.39 is 0 Å². The largest absolute Gasteiger partial charge is 0.496 e. The minimum absolute atomic E-state index is 0.0584. The molecule has 0 heterocycles. The Bertz CT molecular complexity index is 490. The highest BCUT2D eigenvalue weighted by Crippen LogP contribution is 2.24. The molecule has 2 atom stereocenters. The number of rotatable bonds is 4. The average molecular weight is 292 g/mol. The fourth-order valence-corrected chi connectivity index (χ4v) is 2.91. The van der Waals surface area contributed by atoms with Crippen LogP contribution in [-0.2, 0) is 0 Å². The summed E-state index contributed by atoms with van der Waals surface area (Å²) in [5.41, 5.74) is 1.71. The first-order valence-corrected chi connectivity index (χ1v) is 7.47. The minimum Gasteiger partial charge on any atom is -0.496 e. The minimum atomic E-state index is -0.218. The number of nitrogens with one attached hydrogen (secondary N) is 2. The first-order valence-electron chi connectivity index (χ1n) is 7.47. The van der Waals surface area contributed by atoms with Crippen molar-refractivity contribution >= 4 is 11.7 Å². The molecule has 0 radical (unpaired) electrons. The number of benzene rings is 1. The predicted molar refractivity (Wildman–Crippen MR) is 82.7 cm³/mol. The third kappa shape index (κ3) is 4.11. The van der Waals surface area contributed by atoms with E-state index >= 15 is 0 Å². The van der Waals surface area contributed by atoms with E-state index in [0.29, 0.717) is 0 Å². The summed E-state index contributed by atoms with van der Waals surface area (Å²) >= 11 is 0. The lowest BCUT2D eigenvalue weighted by atomic mass is 9.85. The number of carbonyl (C=O) groups is 1. The number of aliphatic hydroxyl groups excluding tert-OH is 1. The van der Waals surface area contributed by atoms with Crippen molar-refractivity contribution in [2.24, 2.45) is 5.92 Å². The van der Waals surface area contributed by atoms with Crippen molar-refractivity contribution < 1.29 is 14.6 Å². The van der Waals surface area contributed by atoms with Crippen molar-refractivity contribution in [2.45, 2.75) is 38.6 Å². The number of aliphatic hydroxyl groups is 1. The Morgan fingerprint density at radius 3 is 2.81 bits per heavy atom. The van der Waals surface area contributed by atoms with Crippen LogP contribution in [0.4, 0.5) is 10.5 Å². The number of amides is 2. The van der Waals surface area contributed by atoms with Crippen LogP contribution in [0.3, 0.4) is 0 Å². The average Bonchev–Trinajstić information content (AvgIpc) is 2.48. The SMILES string of the molecule is COc1ccc(NC(=O)N[C@@H]2CCCC[C@H]2CO)cc1C. The quantitative estimate of drug-likeness (QED) is 0.799. The molecular weight excluding hydrogens is 268 g/mol. The van der Waals surface area contributed by atoms with Gasteiger partial charge in [0.25, 0.3) is 0 Å². The number of hydrogen-bond donors (Lipinski definition) is 3. The molecule has 0 spiro atoms. The Morgan fingerprint density at radius 2 is 2.14 bits per heavy atom. The Morgan fingerprint density at radius 1 is 1.38 bits per heavy atom. The molecule has 0 unspecified atom stereocenters. The number of aryl methyl sites for hydroxylation is 1. The number of carbonyl (C=O) groups excluding carboxylic acids is 1. The number of urea groups is 1. The van der Waals surface area contributed by atoms with E-state index in [4.69, 9.17) is 4.74 Å². The number of hydrogen-bond acceptors (Lipinski definition) is 3. The lowest BCUT2D eigenvalue weighted by Crippen LogP contribution is -2.45. The van der Waals surface area contributed by atoms with Gasteiger partial charge in [-0.3, -0.25) is 0 Å². The van der Waals surface area contributed by atoms with E-state index in [2.05, 4.69) is 10.6 Å². The van der Waals surface area contributed by atoms with Gasteiger partial charge < -0.3 is 20.5 Å². The molecule has 21 heavy (non-hydrogen) atoms. The molecule has 1 fully saturated rings. The van der Waals surface area contributed by atoms with Gasteiger partial charge in [0.1, 0.15) is 5.75 Å². The van der Waals surface area contributed by atoms with Crippen LogP contribution in [0.15, 0.2) is 18.2 Å². The molecule has 1 aromatic carbocycles. The van der Waals surface area contributed by atoms with Crippen LogP contribution < -0.4 is 15.4 Å². The van der Waals surface area contributed by atoms with Crippen molar-refractivity contribution in [3.63, 3.8) is 0 Å². The maximum atomic E-state index is 12.1. The zero-order valence-electron chi connectivity index (χ0n) is 12.7. The Hall–Kier alpha value is -1.75. The summed E-state index contributed by atoms with van der Waals surface area (Å²) in [7, 11) is 1.63. The molecule has 3 N–H and O–H groups in total. The normalized spacial score (nSPS) is 21.7. The molecule has 1 aromatic rings. The van der Waals surface area contributed by atoms with E-state index in [-0.39, 0.29) is 24.6 Å². The number of ether oxygens (including phenoxy) is 1. The summed E-state index contributed by atoms with van der Waals surface area (Å²) in [6, 6.07) is 5.37. The highest BCUT2D eigenvalue weighted by atomic mass is 16.5. The molecule has 116 valence electrons. The van der Waals surface area contributed by atoms with Gasteiger partial charge in [0.15, 0.2) is 0 Å². The highest BCUT2D eigenvalue weighted by Gasteiger charge is 2.25. The van der Waals surface area contributed by atoms with E-state index in [1.54, 1.807) is 7.11 Å². The van der Waals surface area contributed by atoms with Gasteiger partial charge in [-0.1, -0.05) is 12.8 Å². The van der Waals surface area contributed by atoms with Gasteiger partial charge in [-0.05, 0) is 43.5 Å². The van der Waals surface area contributed by atoms with E-state index in [1.807, 2.05) is 25.1 Å². The highest BCUT2D eigenvalue weighted by molar-refractivity contribution is 5.89. The van der Waals surface area contributed by atoms with Crippen molar-refractivity contribution in [3.8, 4) is 5.75 Å². The summed E-state index contributed by atoms with van der Waals surface area (Å²) in [5.74, 6) is 0.968. The van der Waals surface area contributed by atoms with E-state index in [0.717, 1.165) is 42.7 Å². The van der Waals surface area contributed by atoms with Crippen molar-refractivity contribution in [3.05, 3.63) is 23.8 Å². The molecule has 2 rings (SSSR count). The Labute approximate surface area is 125 Å². The maximum Gasteiger partial charge on any atom is 0.319 e.